The summed E-state index contributed by atoms with van der Waals surface area (Å²) in [4.78, 5) is 0. The molecule has 1 N–H and O–H groups in total. The second-order valence-electron chi connectivity index (χ2n) is 4.68. The van der Waals surface area contributed by atoms with Crippen molar-refractivity contribution in [1.29, 1.82) is 0 Å². The van der Waals surface area contributed by atoms with Crippen molar-refractivity contribution in [3.05, 3.63) is 46.0 Å². The Bertz CT molecular complexity index is 401. The van der Waals surface area contributed by atoms with Crippen LogP contribution in [-0.2, 0) is 0 Å². The molecule has 3 heteroatoms. The molecule has 1 aromatic carbocycles. The highest BCUT2D eigenvalue weighted by Gasteiger charge is 2.12. The molecule has 0 aliphatic heterocycles. The Morgan fingerprint density at radius 1 is 1.33 bits per heavy atom. The fourth-order valence-corrected chi connectivity index (χ4v) is 2.13. The van der Waals surface area contributed by atoms with E-state index >= 15 is 0 Å². The van der Waals surface area contributed by atoms with Crippen LogP contribution < -0.4 is 5.32 Å². The third-order valence-electron chi connectivity index (χ3n) is 2.85. The Morgan fingerprint density at radius 3 is 2.61 bits per heavy atom. The second kappa shape index (κ2) is 7.83. The van der Waals surface area contributed by atoms with Crippen LogP contribution in [0.5, 0.6) is 0 Å². The molecule has 0 saturated carbocycles. The van der Waals surface area contributed by atoms with Crippen LogP contribution in [-0.4, -0.2) is 6.54 Å². The standard InChI is InChI=1S/C15H21Cl2N/c1-4-9-18-15(8-5-11(2)3)12-6-7-13(16)14(17)10-12/h6-7,10,15,18H,2,4-5,8-9H2,1,3H3. The van der Waals surface area contributed by atoms with E-state index in [1.54, 1.807) is 0 Å². The van der Waals surface area contributed by atoms with E-state index in [0.717, 1.165) is 25.8 Å². The highest BCUT2D eigenvalue weighted by molar-refractivity contribution is 6.42. The number of hydrogen-bond donors (Lipinski definition) is 1. The van der Waals surface area contributed by atoms with Gasteiger partial charge in [-0.2, -0.15) is 0 Å². The lowest BCUT2D eigenvalue weighted by Crippen LogP contribution is -2.22. The van der Waals surface area contributed by atoms with Gasteiger partial charge < -0.3 is 5.32 Å². The second-order valence-corrected chi connectivity index (χ2v) is 5.49. The third-order valence-corrected chi connectivity index (χ3v) is 3.59. The number of nitrogens with one attached hydrogen (secondary N) is 1. The molecule has 0 aliphatic carbocycles. The number of benzene rings is 1. The predicted octanol–water partition coefficient (Wildman–Crippen LogP) is 5.39. The Balaban J connectivity index is 2.79. The van der Waals surface area contributed by atoms with Gasteiger partial charge >= 0.3 is 0 Å². The maximum Gasteiger partial charge on any atom is 0.0595 e. The highest BCUT2D eigenvalue weighted by Crippen LogP contribution is 2.28. The van der Waals surface area contributed by atoms with Gasteiger partial charge in [-0.05, 0) is 50.4 Å². The Labute approximate surface area is 120 Å². The number of halogens is 2. The molecule has 1 aromatic rings. The minimum Gasteiger partial charge on any atom is -0.310 e. The molecule has 0 saturated heterocycles. The average Bonchev–Trinajstić information content (AvgIpc) is 2.33. The Kier molecular flexibility index (Phi) is 6.77. The molecule has 0 bridgehead atoms. The van der Waals surface area contributed by atoms with Crippen molar-refractivity contribution >= 4 is 23.2 Å². The van der Waals surface area contributed by atoms with Gasteiger partial charge in [-0.15, -0.1) is 6.58 Å². The minimum atomic E-state index is 0.316. The molecular formula is C15H21Cl2N. The van der Waals surface area contributed by atoms with E-state index in [2.05, 4.69) is 25.7 Å². The zero-order valence-corrected chi connectivity index (χ0v) is 12.6. The minimum absolute atomic E-state index is 0.316. The molecule has 0 heterocycles. The van der Waals surface area contributed by atoms with E-state index in [1.807, 2.05) is 18.2 Å². The van der Waals surface area contributed by atoms with Gasteiger partial charge in [0.15, 0.2) is 0 Å². The van der Waals surface area contributed by atoms with E-state index in [9.17, 15) is 0 Å². The predicted molar refractivity (Wildman–Crippen MR) is 81.5 cm³/mol. The summed E-state index contributed by atoms with van der Waals surface area (Å²) in [5.41, 5.74) is 2.40. The van der Waals surface area contributed by atoms with Crippen molar-refractivity contribution in [2.45, 2.75) is 39.2 Å². The summed E-state index contributed by atoms with van der Waals surface area (Å²) >= 11 is 12.0. The Morgan fingerprint density at radius 2 is 2.06 bits per heavy atom. The molecule has 18 heavy (non-hydrogen) atoms. The van der Waals surface area contributed by atoms with Crippen molar-refractivity contribution in [1.82, 2.24) is 5.32 Å². The van der Waals surface area contributed by atoms with Crippen LogP contribution in [0.25, 0.3) is 0 Å². The topological polar surface area (TPSA) is 12.0 Å². The van der Waals surface area contributed by atoms with Crippen LogP contribution in [0.3, 0.4) is 0 Å². The first-order valence-electron chi connectivity index (χ1n) is 6.37. The van der Waals surface area contributed by atoms with Crippen molar-refractivity contribution in [3.63, 3.8) is 0 Å². The largest absolute Gasteiger partial charge is 0.310 e. The average molecular weight is 286 g/mol. The van der Waals surface area contributed by atoms with Crippen LogP contribution in [0.15, 0.2) is 30.4 Å². The van der Waals surface area contributed by atoms with E-state index in [4.69, 9.17) is 23.2 Å². The van der Waals surface area contributed by atoms with Crippen LogP contribution in [0.4, 0.5) is 0 Å². The van der Waals surface area contributed by atoms with E-state index in [1.165, 1.54) is 11.1 Å². The van der Waals surface area contributed by atoms with Crippen molar-refractivity contribution in [2.75, 3.05) is 6.54 Å². The lowest BCUT2D eigenvalue weighted by Gasteiger charge is -2.19. The zero-order chi connectivity index (χ0) is 13.5. The molecule has 0 spiro atoms. The normalized spacial score (nSPS) is 12.4. The summed E-state index contributed by atoms with van der Waals surface area (Å²) in [5, 5.41) is 4.77. The lowest BCUT2D eigenvalue weighted by atomic mass is 10.00. The fraction of sp³-hybridized carbons (Fsp3) is 0.467. The molecule has 1 rings (SSSR count). The fourth-order valence-electron chi connectivity index (χ4n) is 1.83. The first kappa shape index (κ1) is 15.6. The zero-order valence-electron chi connectivity index (χ0n) is 11.1. The molecule has 0 amide bonds. The lowest BCUT2D eigenvalue weighted by molar-refractivity contribution is 0.499. The number of hydrogen-bond acceptors (Lipinski definition) is 1. The summed E-state index contributed by atoms with van der Waals surface area (Å²) in [5.74, 6) is 0. The van der Waals surface area contributed by atoms with Gasteiger partial charge in [0.25, 0.3) is 0 Å². The van der Waals surface area contributed by atoms with Crippen molar-refractivity contribution in [3.8, 4) is 0 Å². The van der Waals surface area contributed by atoms with Crippen LogP contribution in [0, 0.1) is 0 Å². The van der Waals surface area contributed by atoms with Crippen LogP contribution in [0.2, 0.25) is 10.0 Å². The first-order chi connectivity index (χ1) is 8.54. The summed E-state index contributed by atoms with van der Waals surface area (Å²) in [7, 11) is 0. The molecule has 0 radical (unpaired) electrons. The van der Waals surface area contributed by atoms with Crippen LogP contribution >= 0.6 is 23.2 Å². The van der Waals surface area contributed by atoms with E-state index < -0.39 is 0 Å². The van der Waals surface area contributed by atoms with E-state index in [-0.39, 0.29) is 0 Å². The van der Waals surface area contributed by atoms with Gasteiger partial charge in [0.05, 0.1) is 10.0 Å². The quantitative estimate of drug-likeness (QED) is 0.662. The molecule has 1 atom stereocenters. The van der Waals surface area contributed by atoms with Gasteiger partial charge in [0.2, 0.25) is 0 Å². The van der Waals surface area contributed by atoms with Gasteiger partial charge in [-0.25, -0.2) is 0 Å². The SMILES string of the molecule is C=C(C)CCC(NCCC)c1ccc(Cl)c(Cl)c1. The van der Waals surface area contributed by atoms with E-state index in [0.29, 0.717) is 16.1 Å². The third kappa shape index (κ3) is 5.01. The molecular weight excluding hydrogens is 265 g/mol. The summed E-state index contributed by atoms with van der Waals surface area (Å²) in [6.45, 7) is 9.18. The van der Waals surface area contributed by atoms with Crippen molar-refractivity contribution in [2.24, 2.45) is 0 Å². The van der Waals surface area contributed by atoms with Gasteiger partial charge in [0, 0.05) is 6.04 Å². The molecule has 0 aliphatic rings. The van der Waals surface area contributed by atoms with Gasteiger partial charge in [0.1, 0.15) is 0 Å². The molecule has 100 valence electrons. The highest BCUT2D eigenvalue weighted by atomic mass is 35.5. The molecule has 1 nitrogen and oxygen atoms in total. The smallest absolute Gasteiger partial charge is 0.0595 e. The summed E-state index contributed by atoms with van der Waals surface area (Å²) < 4.78 is 0. The van der Waals surface area contributed by atoms with Crippen LogP contribution in [0.1, 0.15) is 44.7 Å². The molecule has 1 unspecified atom stereocenters. The maximum atomic E-state index is 6.08. The number of rotatable bonds is 7. The number of allylic oxidation sites excluding steroid dienone is 1. The molecule has 0 aromatic heterocycles. The molecule has 0 fully saturated rings. The Hall–Kier alpha value is -0.500. The van der Waals surface area contributed by atoms with Gasteiger partial charge in [-0.1, -0.05) is 41.8 Å². The van der Waals surface area contributed by atoms with Gasteiger partial charge in [-0.3, -0.25) is 0 Å². The summed E-state index contributed by atoms with van der Waals surface area (Å²) in [6.07, 6.45) is 3.17. The first-order valence-corrected chi connectivity index (χ1v) is 7.13. The summed E-state index contributed by atoms with van der Waals surface area (Å²) in [6, 6.07) is 6.17. The maximum absolute atomic E-state index is 6.08. The van der Waals surface area contributed by atoms with Crippen molar-refractivity contribution < 1.29 is 0 Å². The monoisotopic (exact) mass is 285 g/mol.